The summed E-state index contributed by atoms with van der Waals surface area (Å²) < 4.78 is 0. The Kier molecular flexibility index (Phi) is 6.79. The fraction of sp³-hybridized carbons (Fsp3) is 0.185. The summed E-state index contributed by atoms with van der Waals surface area (Å²) in [6, 6.07) is 3.66. The van der Waals surface area contributed by atoms with E-state index in [1.54, 1.807) is 6.21 Å². The maximum atomic E-state index is 4.77. The van der Waals surface area contributed by atoms with E-state index in [9.17, 15) is 0 Å². The first-order chi connectivity index (χ1) is 15.3. The molecule has 3 rings (SSSR count). The third-order valence-corrected chi connectivity index (χ3v) is 6.10. The van der Waals surface area contributed by atoms with Crippen molar-refractivity contribution in [3.8, 4) is 0 Å². The molecule has 0 unspecified atom stereocenters. The quantitative estimate of drug-likeness (QED) is 0.425. The van der Waals surface area contributed by atoms with Crippen LogP contribution in [0.2, 0.25) is 0 Å². The largest absolute Gasteiger partial charge is 0.354 e. The van der Waals surface area contributed by atoms with E-state index < -0.39 is 0 Å². The maximum Gasteiger partial charge on any atom is 0.0910 e. The van der Waals surface area contributed by atoms with E-state index in [2.05, 4.69) is 69.3 Å². The standard InChI is InChI=1S/C27H29N5/c1-9-20-11-21(17(4)16(20)3)14-30-25-12-23(28-7)24(29-8)13-26(25)31-15-27-19(6)18(5)22(10-2)32-27/h9-10,12-15,32H,1-2,7-8,11H2,3-6H3. The SMILES string of the molecule is C=CC1=C(C)C(C)=C(C=Nc2cc(N=C)c(N=C)cc2N=Cc2[nH]c(C=C)c(C)c2C)C1. The van der Waals surface area contributed by atoms with Gasteiger partial charge in [0.15, 0.2) is 0 Å². The molecule has 0 bridgehead atoms. The molecule has 1 aromatic carbocycles. The highest BCUT2D eigenvalue weighted by molar-refractivity contribution is 5.91. The fourth-order valence-electron chi connectivity index (χ4n) is 3.69. The number of rotatable bonds is 8. The monoisotopic (exact) mass is 423 g/mol. The lowest BCUT2D eigenvalue weighted by atomic mass is 10.1. The van der Waals surface area contributed by atoms with E-state index in [1.807, 2.05) is 30.5 Å². The summed E-state index contributed by atoms with van der Waals surface area (Å²) in [5.74, 6) is 0. The van der Waals surface area contributed by atoms with Crippen molar-refractivity contribution in [1.29, 1.82) is 0 Å². The van der Waals surface area contributed by atoms with Crippen molar-refractivity contribution in [3.63, 3.8) is 0 Å². The third kappa shape index (κ3) is 4.28. The van der Waals surface area contributed by atoms with Crippen LogP contribution >= 0.6 is 0 Å². The molecule has 0 saturated carbocycles. The molecule has 1 N–H and O–H groups in total. The molecule has 1 aromatic heterocycles. The number of aromatic amines is 1. The molecule has 1 heterocycles. The summed E-state index contributed by atoms with van der Waals surface area (Å²) in [7, 11) is 0. The number of nitrogens with zero attached hydrogens (tertiary/aromatic N) is 4. The Hall–Kier alpha value is -3.86. The summed E-state index contributed by atoms with van der Waals surface area (Å²) in [4.78, 5) is 21.0. The smallest absolute Gasteiger partial charge is 0.0910 e. The van der Waals surface area contributed by atoms with Gasteiger partial charge in [-0.15, -0.1) is 0 Å². The third-order valence-electron chi connectivity index (χ3n) is 6.10. The van der Waals surface area contributed by atoms with Gasteiger partial charge in [0, 0.05) is 11.9 Å². The zero-order valence-electron chi connectivity index (χ0n) is 19.3. The lowest BCUT2D eigenvalue weighted by Crippen LogP contribution is -1.86. The van der Waals surface area contributed by atoms with Gasteiger partial charge in [0.1, 0.15) is 0 Å². The summed E-state index contributed by atoms with van der Waals surface area (Å²) >= 11 is 0. The summed E-state index contributed by atoms with van der Waals surface area (Å²) in [6.07, 6.45) is 8.26. The predicted octanol–water partition coefficient (Wildman–Crippen LogP) is 7.61. The fourth-order valence-corrected chi connectivity index (χ4v) is 3.69. The number of hydrogen-bond acceptors (Lipinski definition) is 4. The minimum atomic E-state index is 0.611. The normalized spacial score (nSPS) is 14.1. The second-order valence-electron chi connectivity index (χ2n) is 7.75. The van der Waals surface area contributed by atoms with Crippen LogP contribution < -0.4 is 0 Å². The van der Waals surface area contributed by atoms with Crippen LogP contribution in [0.5, 0.6) is 0 Å². The van der Waals surface area contributed by atoms with Gasteiger partial charge in [-0.3, -0.25) is 20.0 Å². The van der Waals surface area contributed by atoms with Gasteiger partial charge in [0.05, 0.1) is 34.7 Å². The second-order valence-corrected chi connectivity index (χ2v) is 7.75. The van der Waals surface area contributed by atoms with Crippen molar-refractivity contribution in [1.82, 2.24) is 4.98 Å². The average Bonchev–Trinajstić information content (AvgIpc) is 3.25. The molecule has 5 heteroatoms. The topological polar surface area (TPSA) is 65.2 Å². The zero-order valence-corrected chi connectivity index (χ0v) is 19.3. The molecular formula is C27H29N5. The molecule has 0 aliphatic heterocycles. The molecule has 1 aliphatic rings. The van der Waals surface area contributed by atoms with E-state index in [1.165, 1.54) is 16.7 Å². The number of aromatic nitrogens is 1. The van der Waals surface area contributed by atoms with Crippen molar-refractivity contribution in [2.75, 3.05) is 0 Å². The Bertz CT molecular complexity index is 1250. The predicted molar refractivity (Wildman–Crippen MR) is 141 cm³/mol. The molecule has 32 heavy (non-hydrogen) atoms. The van der Waals surface area contributed by atoms with Gasteiger partial charge in [0.2, 0.25) is 0 Å². The summed E-state index contributed by atoms with van der Waals surface area (Å²) in [5, 5.41) is 0. The van der Waals surface area contributed by atoms with Crippen LogP contribution in [-0.2, 0) is 0 Å². The highest BCUT2D eigenvalue weighted by Gasteiger charge is 2.15. The number of allylic oxidation sites excluding steroid dienone is 5. The van der Waals surface area contributed by atoms with Gasteiger partial charge < -0.3 is 4.98 Å². The molecule has 162 valence electrons. The van der Waals surface area contributed by atoms with Crippen molar-refractivity contribution in [2.45, 2.75) is 34.1 Å². The van der Waals surface area contributed by atoms with Crippen molar-refractivity contribution in [3.05, 3.63) is 76.2 Å². The Morgan fingerprint density at radius 2 is 1.25 bits per heavy atom. The Balaban J connectivity index is 2.05. The first-order valence-electron chi connectivity index (χ1n) is 10.4. The number of hydrogen-bond donors (Lipinski definition) is 1. The van der Waals surface area contributed by atoms with E-state index in [0.717, 1.165) is 34.5 Å². The summed E-state index contributed by atoms with van der Waals surface area (Å²) in [6.45, 7) is 23.4. The molecule has 0 amide bonds. The molecule has 0 saturated heterocycles. The summed E-state index contributed by atoms with van der Waals surface area (Å²) in [5.41, 5.74) is 11.7. The number of benzene rings is 1. The van der Waals surface area contributed by atoms with Crippen molar-refractivity contribution in [2.24, 2.45) is 20.0 Å². The second kappa shape index (κ2) is 9.52. The van der Waals surface area contributed by atoms with Crippen LogP contribution in [0.25, 0.3) is 6.08 Å². The minimum Gasteiger partial charge on any atom is -0.354 e. The molecule has 2 aromatic rings. The van der Waals surface area contributed by atoms with Crippen LogP contribution in [0.4, 0.5) is 22.7 Å². The number of nitrogens with one attached hydrogen (secondary N) is 1. The molecule has 5 nitrogen and oxygen atoms in total. The molecule has 1 aliphatic carbocycles. The Morgan fingerprint density at radius 1 is 0.719 bits per heavy atom. The average molecular weight is 424 g/mol. The van der Waals surface area contributed by atoms with E-state index >= 15 is 0 Å². The van der Waals surface area contributed by atoms with Crippen LogP contribution in [0.3, 0.4) is 0 Å². The van der Waals surface area contributed by atoms with Gasteiger partial charge in [-0.05, 0) is 99.2 Å². The Morgan fingerprint density at radius 3 is 1.72 bits per heavy atom. The van der Waals surface area contributed by atoms with Gasteiger partial charge in [-0.25, -0.2) is 0 Å². The van der Waals surface area contributed by atoms with E-state index in [-0.39, 0.29) is 0 Å². The number of H-pyrrole nitrogens is 1. The highest BCUT2D eigenvalue weighted by Crippen LogP contribution is 2.40. The van der Waals surface area contributed by atoms with Gasteiger partial charge in [0.25, 0.3) is 0 Å². The Labute approximate surface area is 190 Å². The number of aliphatic imine (C=N–C) groups is 4. The van der Waals surface area contributed by atoms with Gasteiger partial charge in [-0.1, -0.05) is 19.2 Å². The molecule has 0 atom stereocenters. The van der Waals surface area contributed by atoms with Crippen LogP contribution in [0.15, 0.2) is 73.6 Å². The zero-order chi connectivity index (χ0) is 23.4. The van der Waals surface area contributed by atoms with Crippen LogP contribution in [0, 0.1) is 13.8 Å². The molecule has 0 fully saturated rings. The van der Waals surface area contributed by atoms with Crippen molar-refractivity contribution >= 4 is 54.7 Å². The van der Waals surface area contributed by atoms with Crippen molar-refractivity contribution < 1.29 is 0 Å². The van der Waals surface area contributed by atoms with E-state index in [4.69, 9.17) is 9.98 Å². The first-order valence-corrected chi connectivity index (χ1v) is 10.4. The molecular weight excluding hydrogens is 394 g/mol. The lowest BCUT2D eigenvalue weighted by molar-refractivity contribution is 1.27. The van der Waals surface area contributed by atoms with Crippen LogP contribution in [0.1, 0.15) is 42.8 Å². The van der Waals surface area contributed by atoms with Gasteiger partial charge in [-0.2, -0.15) is 0 Å². The van der Waals surface area contributed by atoms with Gasteiger partial charge >= 0.3 is 0 Å². The van der Waals surface area contributed by atoms with Crippen LogP contribution in [-0.4, -0.2) is 30.8 Å². The van der Waals surface area contributed by atoms with E-state index in [0.29, 0.717) is 22.7 Å². The molecule has 0 radical (unpaired) electrons. The maximum absolute atomic E-state index is 4.77. The first kappa shape index (κ1) is 22.8. The molecule has 0 spiro atoms. The highest BCUT2D eigenvalue weighted by atomic mass is 14.9. The minimum absolute atomic E-state index is 0.611. The lowest BCUT2D eigenvalue weighted by Gasteiger charge is -2.06.